The van der Waals surface area contributed by atoms with Gasteiger partial charge in [-0.1, -0.05) is 18.2 Å². The van der Waals surface area contributed by atoms with Gasteiger partial charge in [-0.25, -0.2) is 0 Å². The lowest BCUT2D eigenvalue weighted by Gasteiger charge is -2.18. The first-order valence-corrected chi connectivity index (χ1v) is 7.39. The van der Waals surface area contributed by atoms with E-state index in [2.05, 4.69) is 11.4 Å². The van der Waals surface area contributed by atoms with Crippen LogP contribution in [0.5, 0.6) is 0 Å². The van der Waals surface area contributed by atoms with E-state index in [0.29, 0.717) is 6.54 Å². The molecule has 0 spiro atoms. The van der Waals surface area contributed by atoms with E-state index in [1.54, 1.807) is 6.26 Å². The fourth-order valence-corrected chi connectivity index (χ4v) is 2.48. The Morgan fingerprint density at radius 2 is 1.86 bits per heavy atom. The predicted octanol–water partition coefficient (Wildman–Crippen LogP) is 3.47. The summed E-state index contributed by atoms with van der Waals surface area (Å²) in [4.78, 5) is 2.02. The van der Waals surface area contributed by atoms with Crippen LogP contribution >= 0.6 is 0 Å². The Morgan fingerprint density at radius 3 is 2.64 bits per heavy atom. The van der Waals surface area contributed by atoms with E-state index in [4.69, 9.17) is 9.52 Å². The number of hydrogen-bond donors (Lipinski definition) is 2. The fourth-order valence-electron chi connectivity index (χ4n) is 2.48. The number of furan rings is 1. The standard InChI is InChI=1S/C18H20N2O2/c1-20(10-11-21)16-8-6-15(7-9-16)19-12-14-13-22-18-5-3-2-4-17(14)18/h2-9,13,19,21H,10-12H2,1H3. The van der Waals surface area contributed by atoms with Gasteiger partial charge in [-0.15, -0.1) is 0 Å². The van der Waals surface area contributed by atoms with Crippen molar-refractivity contribution >= 4 is 22.3 Å². The largest absolute Gasteiger partial charge is 0.464 e. The fraction of sp³-hybridized carbons (Fsp3) is 0.222. The van der Waals surface area contributed by atoms with Crippen molar-refractivity contribution in [1.29, 1.82) is 0 Å². The van der Waals surface area contributed by atoms with Crippen LogP contribution in [0.1, 0.15) is 5.56 Å². The molecule has 0 atom stereocenters. The summed E-state index contributed by atoms with van der Waals surface area (Å²) in [5, 5.41) is 13.5. The van der Waals surface area contributed by atoms with Gasteiger partial charge in [-0.05, 0) is 30.3 Å². The Morgan fingerprint density at radius 1 is 1.09 bits per heavy atom. The normalized spacial score (nSPS) is 10.8. The van der Waals surface area contributed by atoms with Crippen molar-refractivity contribution in [2.45, 2.75) is 6.54 Å². The monoisotopic (exact) mass is 296 g/mol. The second-order valence-corrected chi connectivity index (χ2v) is 5.30. The number of aliphatic hydroxyl groups is 1. The van der Waals surface area contributed by atoms with Gasteiger partial charge < -0.3 is 19.7 Å². The van der Waals surface area contributed by atoms with Gasteiger partial charge >= 0.3 is 0 Å². The molecule has 0 bridgehead atoms. The maximum atomic E-state index is 8.97. The molecule has 2 aromatic carbocycles. The molecule has 0 fully saturated rings. The van der Waals surface area contributed by atoms with Crippen LogP contribution in [0.25, 0.3) is 11.0 Å². The summed E-state index contributed by atoms with van der Waals surface area (Å²) in [5.41, 5.74) is 4.22. The van der Waals surface area contributed by atoms with Crippen LogP contribution in [-0.2, 0) is 6.54 Å². The number of likely N-dealkylation sites (N-methyl/N-ethyl adjacent to an activating group) is 1. The zero-order valence-electron chi connectivity index (χ0n) is 12.6. The minimum absolute atomic E-state index is 0.157. The highest BCUT2D eigenvalue weighted by molar-refractivity contribution is 5.81. The lowest BCUT2D eigenvalue weighted by molar-refractivity contribution is 0.304. The predicted molar refractivity (Wildman–Crippen MR) is 90.3 cm³/mol. The van der Waals surface area contributed by atoms with Crippen molar-refractivity contribution in [2.24, 2.45) is 0 Å². The highest BCUT2D eigenvalue weighted by atomic mass is 16.3. The number of nitrogens with zero attached hydrogens (tertiary/aromatic N) is 1. The van der Waals surface area contributed by atoms with Gasteiger partial charge in [-0.2, -0.15) is 0 Å². The van der Waals surface area contributed by atoms with Crippen molar-refractivity contribution < 1.29 is 9.52 Å². The molecule has 1 heterocycles. The zero-order chi connectivity index (χ0) is 15.4. The SMILES string of the molecule is CN(CCO)c1ccc(NCc2coc3ccccc23)cc1. The molecule has 3 rings (SSSR count). The molecule has 0 aliphatic heterocycles. The van der Waals surface area contributed by atoms with Crippen LogP contribution in [0.15, 0.2) is 59.2 Å². The van der Waals surface area contributed by atoms with E-state index in [0.717, 1.165) is 34.5 Å². The third-order valence-corrected chi connectivity index (χ3v) is 3.79. The number of nitrogens with one attached hydrogen (secondary N) is 1. The second-order valence-electron chi connectivity index (χ2n) is 5.30. The number of para-hydroxylation sites is 1. The van der Waals surface area contributed by atoms with Crippen LogP contribution in [-0.4, -0.2) is 25.3 Å². The summed E-state index contributed by atoms with van der Waals surface area (Å²) in [7, 11) is 1.97. The molecule has 114 valence electrons. The third kappa shape index (κ3) is 3.07. The molecule has 0 saturated heterocycles. The summed E-state index contributed by atoms with van der Waals surface area (Å²) in [6.07, 6.45) is 1.81. The topological polar surface area (TPSA) is 48.6 Å². The van der Waals surface area contributed by atoms with Gasteiger partial charge in [0.1, 0.15) is 5.58 Å². The molecule has 0 unspecified atom stereocenters. The second kappa shape index (κ2) is 6.54. The van der Waals surface area contributed by atoms with Crippen molar-refractivity contribution in [3.8, 4) is 0 Å². The lowest BCUT2D eigenvalue weighted by atomic mass is 10.2. The summed E-state index contributed by atoms with van der Waals surface area (Å²) >= 11 is 0. The molecule has 4 nitrogen and oxygen atoms in total. The molecule has 0 aliphatic carbocycles. The molecule has 2 N–H and O–H groups in total. The van der Waals surface area contributed by atoms with E-state index in [-0.39, 0.29) is 6.61 Å². The van der Waals surface area contributed by atoms with Crippen LogP contribution < -0.4 is 10.2 Å². The van der Waals surface area contributed by atoms with Crippen molar-refractivity contribution in [2.75, 3.05) is 30.4 Å². The lowest BCUT2D eigenvalue weighted by Crippen LogP contribution is -2.20. The number of anilines is 2. The van der Waals surface area contributed by atoms with Gasteiger partial charge in [0.05, 0.1) is 12.9 Å². The van der Waals surface area contributed by atoms with Gasteiger partial charge in [0.2, 0.25) is 0 Å². The number of rotatable bonds is 6. The maximum absolute atomic E-state index is 8.97. The Hall–Kier alpha value is -2.46. The minimum atomic E-state index is 0.157. The molecule has 0 aliphatic rings. The van der Waals surface area contributed by atoms with E-state index >= 15 is 0 Å². The van der Waals surface area contributed by atoms with Crippen molar-refractivity contribution in [1.82, 2.24) is 0 Å². The first-order chi connectivity index (χ1) is 10.8. The molecule has 22 heavy (non-hydrogen) atoms. The van der Waals surface area contributed by atoms with Crippen LogP contribution in [0.2, 0.25) is 0 Å². The Kier molecular flexibility index (Phi) is 4.30. The number of benzene rings is 2. The average molecular weight is 296 g/mol. The quantitative estimate of drug-likeness (QED) is 0.731. The molecule has 4 heteroatoms. The first-order valence-electron chi connectivity index (χ1n) is 7.39. The summed E-state index contributed by atoms with van der Waals surface area (Å²) in [5.74, 6) is 0. The molecular formula is C18H20N2O2. The average Bonchev–Trinajstić information content (AvgIpc) is 2.97. The third-order valence-electron chi connectivity index (χ3n) is 3.79. The van der Waals surface area contributed by atoms with E-state index in [1.807, 2.05) is 54.4 Å². The minimum Gasteiger partial charge on any atom is -0.464 e. The number of aliphatic hydroxyl groups excluding tert-OH is 1. The van der Waals surface area contributed by atoms with Crippen LogP contribution in [0, 0.1) is 0 Å². The van der Waals surface area contributed by atoms with Gasteiger partial charge in [-0.3, -0.25) is 0 Å². The molecular weight excluding hydrogens is 276 g/mol. The van der Waals surface area contributed by atoms with Crippen molar-refractivity contribution in [3.63, 3.8) is 0 Å². The highest BCUT2D eigenvalue weighted by Crippen LogP contribution is 2.22. The Bertz CT molecular complexity index is 734. The molecule has 0 radical (unpaired) electrons. The zero-order valence-corrected chi connectivity index (χ0v) is 12.6. The Balaban J connectivity index is 1.66. The number of hydrogen-bond acceptors (Lipinski definition) is 4. The smallest absolute Gasteiger partial charge is 0.134 e. The van der Waals surface area contributed by atoms with Crippen LogP contribution in [0.4, 0.5) is 11.4 Å². The maximum Gasteiger partial charge on any atom is 0.134 e. The van der Waals surface area contributed by atoms with E-state index < -0.39 is 0 Å². The van der Waals surface area contributed by atoms with E-state index in [1.165, 1.54) is 0 Å². The van der Waals surface area contributed by atoms with E-state index in [9.17, 15) is 0 Å². The van der Waals surface area contributed by atoms with Gasteiger partial charge in [0.15, 0.2) is 0 Å². The molecule has 0 amide bonds. The Labute approximate surface area is 130 Å². The summed E-state index contributed by atoms with van der Waals surface area (Å²) < 4.78 is 5.54. The van der Waals surface area contributed by atoms with Gasteiger partial charge in [0, 0.05) is 42.5 Å². The summed E-state index contributed by atoms with van der Waals surface area (Å²) in [6.45, 7) is 1.51. The van der Waals surface area contributed by atoms with Crippen LogP contribution in [0.3, 0.4) is 0 Å². The highest BCUT2D eigenvalue weighted by Gasteiger charge is 2.05. The molecule has 0 saturated carbocycles. The molecule has 3 aromatic rings. The number of fused-ring (bicyclic) bond motifs is 1. The van der Waals surface area contributed by atoms with Gasteiger partial charge in [0.25, 0.3) is 0 Å². The molecule has 1 aromatic heterocycles. The first kappa shape index (κ1) is 14.5. The van der Waals surface area contributed by atoms with Crippen molar-refractivity contribution in [3.05, 3.63) is 60.4 Å². The summed E-state index contributed by atoms with van der Waals surface area (Å²) in [6, 6.07) is 16.2.